The summed E-state index contributed by atoms with van der Waals surface area (Å²) in [6.45, 7) is 0.638. The number of aromatic nitrogens is 2. The van der Waals surface area contributed by atoms with Crippen LogP contribution in [0, 0.1) is 0 Å². The molecule has 8 heteroatoms. The van der Waals surface area contributed by atoms with Crippen molar-refractivity contribution in [2.75, 3.05) is 20.0 Å². The van der Waals surface area contributed by atoms with E-state index in [9.17, 15) is 0 Å². The smallest absolute Gasteiger partial charge is 0.258 e. The van der Waals surface area contributed by atoms with Gasteiger partial charge in [0.05, 0.1) is 20.4 Å². The normalized spacial score (nSPS) is 10.4. The lowest BCUT2D eigenvalue weighted by atomic mass is 10.2. The summed E-state index contributed by atoms with van der Waals surface area (Å²) < 4.78 is 22.1. The minimum Gasteiger partial charge on any atom is -0.497 e. The number of ether oxygens (including phenoxy) is 4. The van der Waals surface area contributed by atoms with Gasteiger partial charge >= 0.3 is 0 Å². The van der Waals surface area contributed by atoms with Gasteiger partial charge in [-0.1, -0.05) is 29.8 Å². The van der Waals surface area contributed by atoms with Gasteiger partial charge in [-0.15, -0.1) is 0 Å². The molecule has 0 aliphatic carbocycles. The van der Waals surface area contributed by atoms with Crippen molar-refractivity contribution in [2.45, 2.75) is 13.2 Å². The second-order valence-corrected chi connectivity index (χ2v) is 6.18. The van der Waals surface area contributed by atoms with Crippen LogP contribution in [-0.4, -0.2) is 24.2 Å². The van der Waals surface area contributed by atoms with Gasteiger partial charge in [-0.25, -0.2) is 4.98 Å². The van der Waals surface area contributed by atoms with E-state index in [-0.39, 0.29) is 23.5 Å². The maximum Gasteiger partial charge on any atom is 0.258 e. The first-order chi connectivity index (χ1) is 13.6. The fourth-order valence-electron chi connectivity index (χ4n) is 2.42. The zero-order chi connectivity index (χ0) is 19.9. The second-order valence-electron chi connectivity index (χ2n) is 5.79. The maximum absolute atomic E-state index is 5.87. The number of benzene rings is 2. The van der Waals surface area contributed by atoms with Crippen LogP contribution < -0.4 is 24.7 Å². The molecule has 0 unspecified atom stereocenters. The van der Waals surface area contributed by atoms with Crippen LogP contribution in [0.2, 0.25) is 5.15 Å². The number of methoxy groups -OCH3 is 2. The molecule has 0 saturated heterocycles. The summed E-state index contributed by atoms with van der Waals surface area (Å²) in [5, 5.41) is 0.212. The molecule has 0 bridgehead atoms. The maximum atomic E-state index is 5.87. The first-order valence-electron chi connectivity index (χ1n) is 8.42. The van der Waals surface area contributed by atoms with E-state index in [1.807, 2.05) is 42.5 Å². The number of nitrogens with two attached hydrogens (primary N) is 1. The molecule has 1 heterocycles. The summed E-state index contributed by atoms with van der Waals surface area (Å²) in [6.07, 6.45) is 1.36. The van der Waals surface area contributed by atoms with Crippen LogP contribution in [0.1, 0.15) is 11.1 Å². The molecule has 0 aliphatic rings. The van der Waals surface area contributed by atoms with Crippen LogP contribution in [0.4, 0.5) is 5.82 Å². The van der Waals surface area contributed by atoms with Gasteiger partial charge in [-0.2, -0.15) is 4.98 Å². The first-order valence-corrected chi connectivity index (χ1v) is 8.80. The number of nitrogen functional groups attached to an aromatic ring is 1. The number of nitrogens with zero attached hydrogens (tertiary/aromatic N) is 2. The molecule has 0 fully saturated rings. The third-order valence-electron chi connectivity index (χ3n) is 3.89. The molecule has 3 rings (SSSR count). The van der Waals surface area contributed by atoms with Gasteiger partial charge in [0.2, 0.25) is 0 Å². The van der Waals surface area contributed by atoms with Crippen LogP contribution >= 0.6 is 11.6 Å². The summed E-state index contributed by atoms with van der Waals surface area (Å²) >= 11 is 5.82. The molecule has 0 aliphatic heterocycles. The number of halogens is 1. The minimum absolute atomic E-state index is 0.177. The monoisotopic (exact) mass is 401 g/mol. The summed E-state index contributed by atoms with van der Waals surface area (Å²) in [5.74, 6) is 2.39. The van der Waals surface area contributed by atoms with Crippen LogP contribution in [0.5, 0.6) is 23.1 Å². The van der Waals surface area contributed by atoms with Gasteiger partial charge in [0.15, 0.2) is 22.5 Å². The van der Waals surface area contributed by atoms with Crippen molar-refractivity contribution in [3.63, 3.8) is 0 Å². The SMILES string of the molecule is COc1ccc(COc2ccc(COc3nc(Cl)cnc3N)cc2OC)cc1. The molecule has 3 aromatic rings. The number of anilines is 1. The van der Waals surface area contributed by atoms with Crippen LogP contribution in [0.15, 0.2) is 48.7 Å². The molecule has 7 nitrogen and oxygen atoms in total. The van der Waals surface area contributed by atoms with Gasteiger partial charge in [0.25, 0.3) is 5.88 Å². The predicted molar refractivity (Wildman–Crippen MR) is 106 cm³/mol. The van der Waals surface area contributed by atoms with Crippen molar-refractivity contribution in [3.05, 3.63) is 64.9 Å². The Morgan fingerprint density at radius 1 is 0.893 bits per heavy atom. The van der Waals surface area contributed by atoms with E-state index in [2.05, 4.69) is 9.97 Å². The lowest BCUT2D eigenvalue weighted by Crippen LogP contribution is -2.03. The highest BCUT2D eigenvalue weighted by Crippen LogP contribution is 2.30. The molecule has 1 aromatic heterocycles. The molecule has 2 aromatic carbocycles. The number of rotatable bonds is 8. The summed E-state index contributed by atoms with van der Waals surface area (Å²) in [5.41, 5.74) is 7.61. The van der Waals surface area contributed by atoms with Gasteiger partial charge in [-0.3, -0.25) is 0 Å². The molecular formula is C20H20ClN3O4. The standard InChI is InChI=1S/C20H20ClN3O4/c1-25-15-6-3-13(4-7-15)11-27-16-8-5-14(9-17(16)26-2)12-28-20-19(22)23-10-18(21)24-20/h3-10H,11-12H2,1-2H3,(H2,22,23). The fourth-order valence-corrected chi connectivity index (χ4v) is 2.55. The highest BCUT2D eigenvalue weighted by Gasteiger charge is 2.09. The molecule has 0 amide bonds. The Balaban J connectivity index is 1.65. The molecular weight excluding hydrogens is 382 g/mol. The highest BCUT2D eigenvalue weighted by atomic mass is 35.5. The van der Waals surface area contributed by atoms with Crippen LogP contribution in [-0.2, 0) is 13.2 Å². The summed E-state index contributed by atoms with van der Waals surface area (Å²) in [7, 11) is 3.22. The Morgan fingerprint density at radius 2 is 1.61 bits per heavy atom. The van der Waals surface area contributed by atoms with E-state index in [4.69, 9.17) is 36.3 Å². The fraction of sp³-hybridized carbons (Fsp3) is 0.200. The summed E-state index contributed by atoms with van der Waals surface area (Å²) in [4.78, 5) is 7.92. The zero-order valence-electron chi connectivity index (χ0n) is 15.5. The van der Waals surface area contributed by atoms with E-state index in [0.29, 0.717) is 18.1 Å². The van der Waals surface area contributed by atoms with E-state index in [1.54, 1.807) is 14.2 Å². The highest BCUT2D eigenvalue weighted by molar-refractivity contribution is 6.29. The Hall–Kier alpha value is -3.19. The molecule has 0 saturated carbocycles. The Kier molecular flexibility index (Phi) is 6.39. The van der Waals surface area contributed by atoms with Gasteiger partial charge in [-0.05, 0) is 35.4 Å². The average Bonchev–Trinajstić information content (AvgIpc) is 2.73. The second kappa shape index (κ2) is 9.14. The van der Waals surface area contributed by atoms with E-state index in [1.165, 1.54) is 6.20 Å². The van der Waals surface area contributed by atoms with E-state index < -0.39 is 0 Å². The molecule has 0 radical (unpaired) electrons. The van der Waals surface area contributed by atoms with Crippen LogP contribution in [0.25, 0.3) is 0 Å². The first kappa shape index (κ1) is 19.6. The summed E-state index contributed by atoms with van der Waals surface area (Å²) in [6, 6.07) is 13.2. The van der Waals surface area contributed by atoms with Crippen molar-refractivity contribution < 1.29 is 18.9 Å². The van der Waals surface area contributed by atoms with Crippen molar-refractivity contribution in [3.8, 4) is 23.1 Å². The lowest BCUT2D eigenvalue weighted by molar-refractivity contribution is 0.279. The van der Waals surface area contributed by atoms with Gasteiger partial charge in [0.1, 0.15) is 19.0 Å². The van der Waals surface area contributed by atoms with Crippen molar-refractivity contribution in [2.24, 2.45) is 0 Å². The average molecular weight is 402 g/mol. The lowest BCUT2D eigenvalue weighted by Gasteiger charge is -2.13. The molecule has 146 valence electrons. The predicted octanol–water partition coefficient (Wildman–Crippen LogP) is 3.89. The Morgan fingerprint density at radius 3 is 2.32 bits per heavy atom. The quantitative estimate of drug-likeness (QED) is 0.612. The van der Waals surface area contributed by atoms with Crippen molar-refractivity contribution >= 4 is 17.4 Å². The number of hydrogen-bond donors (Lipinski definition) is 1. The molecule has 0 spiro atoms. The van der Waals surface area contributed by atoms with E-state index in [0.717, 1.165) is 16.9 Å². The van der Waals surface area contributed by atoms with Gasteiger partial charge in [0, 0.05) is 0 Å². The van der Waals surface area contributed by atoms with Crippen LogP contribution in [0.3, 0.4) is 0 Å². The van der Waals surface area contributed by atoms with Crippen molar-refractivity contribution in [1.82, 2.24) is 9.97 Å². The topological polar surface area (TPSA) is 88.7 Å². The third-order valence-corrected chi connectivity index (χ3v) is 4.08. The van der Waals surface area contributed by atoms with E-state index >= 15 is 0 Å². The Bertz CT molecular complexity index is 935. The van der Waals surface area contributed by atoms with Gasteiger partial charge < -0.3 is 24.7 Å². The molecule has 0 atom stereocenters. The third kappa shape index (κ3) is 4.95. The number of hydrogen-bond acceptors (Lipinski definition) is 7. The minimum atomic E-state index is 0.177. The zero-order valence-corrected chi connectivity index (χ0v) is 16.3. The molecule has 28 heavy (non-hydrogen) atoms. The Labute approximate surface area is 168 Å². The largest absolute Gasteiger partial charge is 0.497 e. The van der Waals surface area contributed by atoms with Crippen molar-refractivity contribution in [1.29, 1.82) is 0 Å². The molecule has 2 N–H and O–H groups in total.